The lowest BCUT2D eigenvalue weighted by atomic mass is 9.95. The third kappa shape index (κ3) is 3.80. The molecule has 0 aliphatic heterocycles. The Morgan fingerprint density at radius 2 is 1.20 bits per heavy atom. The first-order chi connectivity index (χ1) is 12.2. The minimum Gasteiger partial charge on any atom is -0.427 e. The molecule has 0 spiro atoms. The lowest BCUT2D eigenvalue weighted by Crippen LogP contribution is -2.30. The normalized spacial score (nSPS) is 11.4. The molecule has 3 rings (SSSR count). The monoisotopic (exact) mass is 330 g/mol. The second kappa shape index (κ2) is 7.53. The highest BCUT2D eigenvalue weighted by Crippen LogP contribution is 2.36. The number of nitrogens with zero attached hydrogens (tertiary/aromatic N) is 2. The van der Waals surface area contributed by atoms with Gasteiger partial charge in [0.15, 0.2) is 0 Å². The fraction of sp³-hybridized carbons (Fsp3) is 0.0952. The molecule has 0 bridgehead atoms. The zero-order valence-corrected chi connectivity index (χ0v) is 13.9. The van der Waals surface area contributed by atoms with Gasteiger partial charge in [-0.25, -0.2) is 0 Å². The first-order valence-electron chi connectivity index (χ1n) is 7.99. The number of ether oxygens (including phenoxy) is 1. The van der Waals surface area contributed by atoms with E-state index in [0.29, 0.717) is 5.69 Å². The Morgan fingerprint density at radius 3 is 1.64 bits per heavy atom. The summed E-state index contributed by atoms with van der Waals surface area (Å²) in [5.41, 5.74) is 0.822. The van der Waals surface area contributed by atoms with Gasteiger partial charge in [0.2, 0.25) is 0 Å². The van der Waals surface area contributed by atoms with Crippen molar-refractivity contribution >= 4 is 11.7 Å². The van der Waals surface area contributed by atoms with Crippen LogP contribution in [0.1, 0.15) is 18.1 Å². The molecule has 0 fully saturated rings. The Hall–Kier alpha value is -3.27. The summed E-state index contributed by atoms with van der Waals surface area (Å²) >= 11 is 0. The van der Waals surface area contributed by atoms with Crippen LogP contribution in [0.2, 0.25) is 0 Å². The van der Waals surface area contributed by atoms with Gasteiger partial charge in [0.25, 0.3) is 5.72 Å². The van der Waals surface area contributed by atoms with E-state index < -0.39 is 11.7 Å². The van der Waals surface area contributed by atoms with Crippen molar-refractivity contribution in [2.45, 2.75) is 12.6 Å². The number of carbonyl (C=O) groups excluding carboxylic acids is 1. The van der Waals surface area contributed by atoms with Gasteiger partial charge in [-0.1, -0.05) is 78.9 Å². The van der Waals surface area contributed by atoms with Crippen LogP contribution >= 0.6 is 0 Å². The molecule has 0 atom stereocenters. The predicted octanol–water partition coefficient (Wildman–Crippen LogP) is 5.23. The van der Waals surface area contributed by atoms with Crippen molar-refractivity contribution in [2.75, 3.05) is 0 Å². The lowest BCUT2D eigenvalue weighted by molar-refractivity contribution is -0.153. The van der Waals surface area contributed by atoms with E-state index in [1.807, 2.05) is 91.0 Å². The molecule has 4 heteroatoms. The molecule has 25 heavy (non-hydrogen) atoms. The van der Waals surface area contributed by atoms with Crippen LogP contribution in [-0.2, 0) is 15.3 Å². The Bertz CT molecular complexity index is 807. The van der Waals surface area contributed by atoms with Gasteiger partial charge in [-0.2, -0.15) is 5.11 Å². The number of carbonyl (C=O) groups is 1. The first-order valence-corrected chi connectivity index (χ1v) is 7.99. The zero-order chi connectivity index (χ0) is 17.5. The summed E-state index contributed by atoms with van der Waals surface area (Å²) in [5, 5.41) is 8.82. The topological polar surface area (TPSA) is 51.0 Å². The van der Waals surface area contributed by atoms with Crippen molar-refractivity contribution in [1.82, 2.24) is 0 Å². The summed E-state index contributed by atoms with van der Waals surface area (Å²) in [7, 11) is 0. The largest absolute Gasteiger partial charge is 0.427 e. The quantitative estimate of drug-likeness (QED) is 0.475. The van der Waals surface area contributed by atoms with Gasteiger partial charge in [0, 0.05) is 18.1 Å². The van der Waals surface area contributed by atoms with Crippen LogP contribution in [0.25, 0.3) is 0 Å². The molecule has 0 saturated heterocycles. The fourth-order valence-corrected chi connectivity index (χ4v) is 2.58. The molecular weight excluding hydrogens is 312 g/mol. The van der Waals surface area contributed by atoms with Gasteiger partial charge in [0.05, 0.1) is 5.69 Å². The second-order valence-electron chi connectivity index (χ2n) is 5.51. The number of azo groups is 1. The number of hydrogen-bond donors (Lipinski definition) is 0. The Labute approximate surface area is 146 Å². The molecule has 0 aliphatic carbocycles. The van der Waals surface area contributed by atoms with E-state index in [4.69, 9.17) is 4.74 Å². The van der Waals surface area contributed by atoms with Crippen LogP contribution in [-0.4, -0.2) is 5.97 Å². The third-order valence-corrected chi connectivity index (χ3v) is 3.68. The van der Waals surface area contributed by atoms with Crippen LogP contribution in [0.15, 0.2) is 101 Å². The minimum atomic E-state index is -1.33. The molecule has 0 amide bonds. The fourth-order valence-electron chi connectivity index (χ4n) is 2.58. The molecule has 3 aromatic carbocycles. The highest BCUT2D eigenvalue weighted by molar-refractivity contribution is 5.67. The van der Waals surface area contributed by atoms with Crippen molar-refractivity contribution in [3.8, 4) is 0 Å². The van der Waals surface area contributed by atoms with Crippen molar-refractivity contribution in [2.24, 2.45) is 10.2 Å². The van der Waals surface area contributed by atoms with E-state index >= 15 is 0 Å². The average Bonchev–Trinajstić information content (AvgIpc) is 2.67. The van der Waals surface area contributed by atoms with E-state index in [2.05, 4.69) is 10.2 Å². The summed E-state index contributed by atoms with van der Waals surface area (Å²) in [6, 6.07) is 28.2. The Morgan fingerprint density at radius 1 is 0.760 bits per heavy atom. The maximum absolute atomic E-state index is 11.9. The van der Waals surface area contributed by atoms with Gasteiger partial charge >= 0.3 is 5.97 Å². The highest BCUT2D eigenvalue weighted by Gasteiger charge is 2.38. The van der Waals surface area contributed by atoms with E-state index in [1.54, 1.807) is 0 Å². The summed E-state index contributed by atoms with van der Waals surface area (Å²) in [6.07, 6.45) is 0. The maximum atomic E-state index is 11.9. The average molecular weight is 330 g/mol. The van der Waals surface area contributed by atoms with E-state index in [0.717, 1.165) is 11.1 Å². The third-order valence-electron chi connectivity index (χ3n) is 3.68. The summed E-state index contributed by atoms with van der Waals surface area (Å²) in [5.74, 6) is -0.431. The number of hydrogen-bond acceptors (Lipinski definition) is 4. The van der Waals surface area contributed by atoms with Gasteiger partial charge in [0.1, 0.15) is 0 Å². The molecule has 0 aliphatic rings. The lowest BCUT2D eigenvalue weighted by Gasteiger charge is -2.28. The molecule has 0 N–H and O–H groups in total. The molecule has 0 radical (unpaired) electrons. The molecule has 0 heterocycles. The molecule has 3 aromatic rings. The molecule has 0 aromatic heterocycles. The van der Waals surface area contributed by atoms with Crippen LogP contribution in [0.5, 0.6) is 0 Å². The van der Waals surface area contributed by atoms with E-state index in [1.165, 1.54) is 6.92 Å². The summed E-state index contributed by atoms with van der Waals surface area (Å²) in [4.78, 5) is 11.9. The van der Waals surface area contributed by atoms with Gasteiger partial charge < -0.3 is 4.74 Å². The van der Waals surface area contributed by atoms with Crippen LogP contribution in [0, 0.1) is 0 Å². The zero-order valence-electron chi connectivity index (χ0n) is 13.9. The van der Waals surface area contributed by atoms with Crippen LogP contribution in [0.4, 0.5) is 5.69 Å². The molecule has 0 saturated carbocycles. The van der Waals surface area contributed by atoms with E-state index in [-0.39, 0.29) is 0 Å². The number of rotatable bonds is 5. The summed E-state index contributed by atoms with van der Waals surface area (Å²) < 4.78 is 5.73. The van der Waals surface area contributed by atoms with Crippen molar-refractivity contribution < 1.29 is 9.53 Å². The molecule has 124 valence electrons. The maximum Gasteiger partial charge on any atom is 0.305 e. The van der Waals surface area contributed by atoms with Crippen LogP contribution in [0.3, 0.4) is 0 Å². The predicted molar refractivity (Wildman–Crippen MR) is 96.4 cm³/mol. The highest BCUT2D eigenvalue weighted by atomic mass is 16.6. The number of benzene rings is 3. The van der Waals surface area contributed by atoms with Crippen molar-refractivity contribution in [3.05, 3.63) is 102 Å². The number of esters is 1. The van der Waals surface area contributed by atoms with Crippen molar-refractivity contribution in [3.63, 3.8) is 0 Å². The molecule has 0 unspecified atom stereocenters. The Kier molecular flexibility index (Phi) is 5.00. The van der Waals surface area contributed by atoms with E-state index in [9.17, 15) is 4.79 Å². The Balaban J connectivity index is 2.18. The van der Waals surface area contributed by atoms with Gasteiger partial charge in [-0.3, -0.25) is 4.79 Å². The standard InChI is InChI=1S/C21H18N2O2/c1-17(24)25-21(18-11-5-2-6-12-18,19-13-7-3-8-14-19)23-22-20-15-9-4-10-16-20/h2-16H,1H3. The molecule has 4 nitrogen and oxygen atoms in total. The van der Waals surface area contributed by atoms with Gasteiger partial charge in [-0.15, -0.1) is 5.11 Å². The second-order valence-corrected chi connectivity index (χ2v) is 5.51. The minimum absolute atomic E-state index is 0.431. The first kappa shape index (κ1) is 16.6. The SMILES string of the molecule is CC(=O)OC(N=Nc1ccccc1)(c1ccccc1)c1ccccc1. The van der Waals surface area contributed by atoms with Gasteiger partial charge in [-0.05, 0) is 12.1 Å². The van der Waals surface area contributed by atoms with Crippen LogP contribution < -0.4 is 0 Å². The summed E-state index contributed by atoms with van der Waals surface area (Å²) in [6.45, 7) is 1.37. The van der Waals surface area contributed by atoms with Crippen molar-refractivity contribution in [1.29, 1.82) is 0 Å². The molecular formula is C21H18N2O2. The smallest absolute Gasteiger partial charge is 0.305 e.